The van der Waals surface area contributed by atoms with E-state index < -0.39 is 0 Å². The van der Waals surface area contributed by atoms with E-state index in [1.54, 1.807) is 13.3 Å². The molecule has 1 saturated carbocycles. The van der Waals surface area contributed by atoms with Crippen LogP contribution in [0, 0.1) is 5.92 Å². The van der Waals surface area contributed by atoms with Gasteiger partial charge in [0.2, 0.25) is 5.91 Å². The molecule has 0 bridgehead atoms. The van der Waals surface area contributed by atoms with E-state index in [4.69, 9.17) is 4.74 Å². The highest BCUT2D eigenvalue weighted by atomic mass is 32.1. The van der Waals surface area contributed by atoms with Gasteiger partial charge in [0.05, 0.1) is 13.7 Å². The third kappa shape index (κ3) is 3.91. The molecule has 1 heterocycles. The highest BCUT2D eigenvalue weighted by molar-refractivity contribution is 7.13. The number of carbonyl (C=O) groups excluding carboxylic acids is 1. The van der Waals surface area contributed by atoms with Gasteiger partial charge in [-0.05, 0) is 30.5 Å². The van der Waals surface area contributed by atoms with Crippen molar-refractivity contribution in [2.75, 3.05) is 12.0 Å². The first-order chi connectivity index (χ1) is 11.3. The third-order valence-electron chi connectivity index (χ3n) is 4.37. The van der Waals surface area contributed by atoms with Gasteiger partial charge in [0.1, 0.15) is 5.75 Å². The van der Waals surface area contributed by atoms with Crippen molar-refractivity contribution in [2.24, 2.45) is 5.92 Å². The summed E-state index contributed by atoms with van der Waals surface area (Å²) in [5.41, 5.74) is 1.09. The number of aromatic nitrogens is 1. The summed E-state index contributed by atoms with van der Waals surface area (Å²) in [5, 5.41) is 2.71. The third-order valence-corrected chi connectivity index (χ3v) is 5.16. The summed E-state index contributed by atoms with van der Waals surface area (Å²) in [6, 6.07) is 7.88. The molecule has 0 spiro atoms. The number of methoxy groups -OCH3 is 1. The van der Waals surface area contributed by atoms with E-state index in [9.17, 15) is 4.79 Å². The number of rotatable bonds is 5. The lowest BCUT2D eigenvalue weighted by Crippen LogP contribution is -2.36. The average molecular weight is 330 g/mol. The maximum Gasteiger partial charge on any atom is 0.232 e. The van der Waals surface area contributed by atoms with E-state index in [0.29, 0.717) is 6.54 Å². The van der Waals surface area contributed by atoms with E-state index in [0.717, 1.165) is 42.1 Å². The van der Waals surface area contributed by atoms with Crippen molar-refractivity contribution >= 4 is 22.4 Å². The molecule has 1 aliphatic rings. The molecule has 1 aliphatic carbocycles. The van der Waals surface area contributed by atoms with Crippen molar-refractivity contribution in [3.8, 4) is 5.75 Å². The summed E-state index contributed by atoms with van der Waals surface area (Å²) in [5.74, 6) is 1.19. The van der Waals surface area contributed by atoms with Crippen LogP contribution in [0.15, 0.2) is 35.8 Å². The fraction of sp³-hybridized carbons (Fsp3) is 0.444. The number of anilines is 1. The number of ether oxygens (including phenoxy) is 1. The number of thiazole rings is 1. The van der Waals surface area contributed by atoms with Gasteiger partial charge in [0.25, 0.3) is 0 Å². The van der Waals surface area contributed by atoms with Gasteiger partial charge < -0.3 is 4.74 Å². The maximum atomic E-state index is 13.0. The van der Waals surface area contributed by atoms with Gasteiger partial charge in [-0.15, -0.1) is 11.3 Å². The molecule has 23 heavy (non-hydrogen) atoms. The van der Waals surface area contributed by atoms with Crippen LogP contribution in [0.2, 0.25) is 0 Å². The zero-order chi connectivity index (χ0) is 16.1. The van der Waals surface area contributed by atoms with Crippen LogP contribution >= 0.6 is 11.3 Å². The Kier molecular flexibility index (Phi) is 5.28. The Labute approximate surface area is 141 Å². The lowest BCUT2D eigenvalue weighted by molar-refractivity contribution is -0.123. The topological polar surface area (TPSA) is 42.4 Å². The Morgan fingerprint density at radius 2 is 2.00 bits per heavy atom. The van der Waals surface area contributed by atoms with Gasteiger partial charge in [0.15, 0.2) is 5.13 Å². The molecular formula is C18H22N2O2S. The second kappa shape index (κ2) is 7.59. The lowest BCUT2D eigenvalue weighted by Gasteiger charge is -2.27. The van der Waals surface area contributed by atoms with Gasteiger partial charge in [-0.2, -0.15) is 0 Å². The highest BCUT2D eigenvalue weighted by Crippen LogP contribution is 2.29. The van der Waals surface area contributed by atoms with Gasteiger partial charge in [0, 0.05) is 17.5 Å². The largest absolute Gasteiger partial charge is 0.497 e. The van der Waals surface area contributed by atoms with E-state index >= 15 is 0 Å². The molecule has 1 aromatic heterocycles. The smallest absolute Gasteiger partial charge is 0.232 e. The molecule has 5 heteroatoms. The van der Waals surface area contributed by atoms with E-state index in [1.165, 1.54) is 17.8 Å². The highest BCUT2D eigenvalue weighted by Gasteiger charge is 2.28. The van der Waals surface area contributed by atoms with Gasteiger partial charge >= 0.3 is 0 Å². The zero-order valence-corrected chi connectivity index (χ0v) is 14.2. The van der Waals surface area contributed by atoms with Crippen LogP contribution in [0.1, 0.15) is 37.7 Å². The fourth-order valence-electron chi connectivity index (χ4n) is 3.07. The van der Waals surface area contributed by atoms with Crippen LogP contribution in [0.5, 0.6) is 5.75 Å². The Bertz CT molecular complexity index is 619. The molecule has 0 aliphatic heterocycles. The first kappa shape index (κ1) is 16.0. The van der Waals surface area contributed by atoms with Crippen LogP contribution in [0.25, 0.3) is 0 Å². The summed E-state index contributed by atoms with van der Waals surface area (Å²) in [6.45, 7) is 0.562. The Morgan fingerprint density at radius 1 is 1.26 bits per heavy atom. The average Bonchev–Trinajstić information content (AvgIpc) is 3.15. The molecule has 3 rings (SSSR count). The minimum absolute atomic E-state index is 0.144. The molecule has 1 aromatic carbocycles. The van der Waals surface area contributed by atoms with Crippen molar-refractivity contribution in [1.29, 1.82) is 0 Å². The van der Waals surface area contributed by atoms with Crippen LogP contribution in [0.3, 0.4) is 0 Å². The zero-order valence-electron chi connectivity index (χ0n) is 13.4. The fourth-order valence-corrected chi connectivity index (χ4v) is 3.72. The maximum absolute atomic E-state index is 13.0. The summed E-state index contributed by atoms with van der Waals surface area (Å²) in [7, 11) is 1.66. The first-order valence-electron chi connectivity index (χ1n) is 8.11. The summed E-state index contributed by atoms with van der Waals surface area (Å²) >= 11 is 1.52. The number of amides is 1. The number of hydrogen-bond acceptors (Lipinski definition) is 4. The van der Waals surface area contributed by atoms with Crippen molar-refractivity contribution in [1.82, 2.24) is 4.98 Å². The van der Waals surface area contributed by atoms with Gasteiger partial charge in [-0.1, -0.05) is 31.4 Å². The molecule has 1 amide bonds. The second-order valence-electron chi connectivity index (χ2n) is 5.92. The predicted molar refractivity (Wildman–Crippen MR) is 92.9 cm³/mol. The normalized spacial score (nSPS) is 15.3. The summed E-state index contributed by atoms with van der Waals surface area (Å²) in [6.07, 6.45) is 7.33. The van der Waals surface area contributed by atoms with Gasteiger partial charge in [-0.3, -0.25) is 9.69 Å². The monoisotopic (exact) mass is 330 g/mol. The van der Waals surface area contributed by atoms with E-state index in [-0.39, 0.29) is 11.8 Å². The molecule has 4 nitrogen and oxygen atoms in total. The molecule has 0 radical (unpaired) electrons. The molecule has 1 fully saturated rings. The van der Waals surface area contributed by atoms with Crippen LogP contribution in [-0.4, -0.2) is 18.0 Å². The number of hydrogen-bond donors (Lipinski definition) is 0. The minimum Gasteiger partial charge on any atom is -0.497 e. The van der Waals surface area contributed by atoms with Gasteiger partial charge in [-0.25, -0.2) is 4.98 Å². The molecule has 2 aromatic rings. The number of nitrogens with zero attached hydrogens (tertiary/aromatic N) is 2. The van der Waals surface area contributed by atoms with Crippen LogP contribution in [-0.2, 0) is 11.3 Å². The van der Waals surface area contributed by atoms with Crippen molar-refractivity contribution < 1.29 is 9.53 Å². The summed E-state index contributed by atoms with van der Waals surface area (Å²) in [4.78, 5) is 19.2. The number of benzene rings is 1. The lowest BCUT2D eigenvalue weighted by atomic mass is 9.88. The van der Waals surface area contributed by atoms with E-state index in [2.05, 4.69) is 4.98 Å². The molecule has 0 N–H and O–H groups in total. The van der Waals surface area contributed by atoms with Crippen molar-refractivity contribution in [3.05, 3.63) is 41.4 Å². The SMILES string of the molecule is COc1ccc(CN(C(=O)C2CCCCC2)c2nccs2)cc1. The second-order valence-corrected chi connectivity index (χ2v) is 6.80. The quantitative estimate of drug-likeness (QED) is 0.822. The minimum atomic E-state index is 0.144. The standard InChI is InChI=1S/C18H22N2O2S/c1-22-16-9-7-14(8-10-16)13-20(18-19-11-12-23-18)17(21)15-5-3-2-4-6-15/h7-12,15H,2-6,13H2,1H3. The summed E-state index contributed by atoms with van der Waals surface area (Å²) < 4.78 is 5.20. The number of carbonyl (C=O) groups is 1. The van der Waals surface area contributed by atoms with Crippen LogP contribution in [0.4, 0.5) is 5.13 Å². The van der Waals surface area contributed by atoms with Crippen molar-refractivity contribution in [2.45, 2.75) is 38.6 Å². The molecule has 0 atom stereocenters. The Hall–Kier alpha value is -1.88. The first-order valence-corrected chi connectivity index (χ1v) is 8.99. The Balaban J connectivity index is 1.79. The van der Waals surface area contributed by atoms with Crippen LogP contribution < -0.4 is 9.64 Å². The molecule has 0 unspecified atom stereocenters. The Morgan fingerprint density at radius 3 is 2.61 bits per heavy atom. The molecule has 0 saturated heterocycles. The predicted octanol–water partition coefficient (Wildman–Crippen LogP) is 4.27. The van der Waals surface area contributed by atoms with E-state index in [1.807, 2.05) is 34.5 Å². The molecular weight excluding hydrogens is 308 g/mol. The van der Waals surface area contributed by atoms with Crippen molar-refractivity contribution in [3.63, 3.8) is 0 Å². The molecule has 122 valence electrons.